The fraction of sp³-hybridized carbons (Fsp3) is 1.00. The molecule has 156 valence electrons. The van der Waals surface area contributed by atoms with Crippen LogP contribution in [-0.2, 0) is 0 Å². The molecule has 26 heavy (non-hydrogen) atoms. The van der Waals surface area contributed by atoms with E-state index in [9.17, 15) is 0 Å². The Balaban J connectivity index is 0.000000197. The van der Waals surface area contributed by atoms with Crippen molar-refractivity contribution in [1.29, 1.82) is 0 Å². The van der Waals surface area contributed by atoms with Crippen molar-refractivity contribution in [3.63, 3.8) is 0 Å². The lowest BCUT2D eigenvalue weighted by atomic mass is 9.78. The van der Waals surface area contributed by atoms with Crippen LogP contribution in [0.2, 0.25) is 0 Å². The molecule has 0 heterocycles. The molecule has 2 heteroatoms. The second kappa shape index (κ2) is 13.2. The highest BCUT2D eigenvalue weighted by Crippen LogP contribution is 2.32. The minimum Gasteiger partial charge on any atom is -0.393 e. The van der Waals surface area contributed by atoms with Crippen molar-refractivity contribution in [3.8, 4) is 0 Å². The van der Waals surface area contributed by atoms with Crippen LogP contribution in [0, 0.1) is 29.6 Å². The molecule has 0 bridgehead atoms. The van der Waals surface area contributed by atoms with Crippen LogP contribution in [-0.4, -0.2) is 22.4 Å². The summed E-state index contributed by atoms with van der Waals surface area (Å²) in [6.45, 7) is 11.6. The third-order valence-corrected chi connectivity index (χ3v) is 6.97. The maximum Gasteiger partial charge on any atom is 0.0540 e. The molecule has 3 aliphatic rings. The van der Waals surface area contributed by atoms with E-state index in [1.54, 1.807) is 0 Å². The van der Waals surface area contributed by atoms with Gasteiger partial charge in [-0.05, 0) is 93.8 Å². The summed E-state index contributed by atoms with van der Waals surface area (Å²) in [5.41, 5.74) is 0. The summed E-state index contributed by atoms with van der Waals surface area (Å²) in [6.07, 6.45) is 15.0. The van der Waals surface area contributed by atoms with E-state index in [4.69, 9.17) is 10.2 Å². The summed E-state index contributed by atoms with van der Waals surface area (Å²) in [4.78, 5) is 0. The van der Waals surface area contributed by atoms with Gasteiger partial charge >= 0.3 is 0 Å². The van der Waals surface area contributed by atoms with Gasteiger partial charge in [0.1, 0.15) is 0 Å². The molecule has 0 aromatic carbocycles. The standard InChI is InChI=1S/C10H20.2C7H14O/c1-8(2)10-6-4-9(3)5-7-10;2*1-6-2-4-7(8)5-3-6/h8-10H,4-7H2,1-3H3;2*6-8H,2-5H2,1H3. The van der Waals surface area contributed by atoms with Crippen molar-refractivity contribution in [2.24, 2.45) is 29.6 Å². The Labute approximate surface area is 164 Å². The van der Waals surface area contributed by atoms with Crippen molar-refractivity contribution in [3.05, 3.63) is 0 Å². The van der Waals surface area contributed by atoms with Crippen molar-refractivity contribution in [2.45, 2.75) is 124 Å². The zero-order valence-corrected chi connectivity index (χ0v) is 18.4. The molecule has 0 radical (unpaired) electrons. The molecule has 0 unspecified atom stereocenters. The smallest absolute Gasteiger partial charge is 0.0540 e. The molecule has 3 rings (SSSR count). The second-order valence-corrected chi connectivity index (χ2v) is 10.1. The Morgan fingerprint density at radius 3 is 1.00 bits per heavy atom. The predicted molar refractivity (Wildman–Crippen MR) is 113 cm³/mol. The lowest BCUT2D eigenvalue weighted by Gasteiger charge is -2.28. The Bertz CT molecular complexity index is 277. The molecular formula is C24H48O2. The highest BCUT2D eigenvalue weighted by atomic mass is 16.3. The van der Waals surface area contributed by atoms with E-state index in [-0.39, 0.29) is 12.2 Å². The monoisotopic (exact) mass is 368 g/mol. The zero-order chi connectivity index (χ0) is 19.5. The Kier molecular flexibility index (Phi) is 12.1. The Hall–Kier alpha value is -0.0800. The summed E-state index contributed by atoms with van der Waals surface area (Å²) in [5.74, 6) is 4.69. The molecule has 0 spiro atoms. The van der Waals surface area contributed by atoms with Crippen LogP contribution in [0.15, 0.2) is 0 Å². The Morgan fingerprint density at radius 2 is 0.769 bits per heavy atom. The van der Waals surface area contributed by atoms with Crippen molar-refractivity contribution in [1.82, 2.24) is 0 Å². The molecule has 0 aromatic rings. The van der Waals surface area contributed by atoms with Gasteiger partial charge < -0.3 is 10.2 Å². The molecule has 0 saturated heterocycles. The van der Waals surface area contributed by atoms with Crippen molar-refractivity contribution >= 4 is 0 Å². The van der Waals surface area contributed by atoms with Gasteiger partial charge in [0.2, 0.25) is 0 Å². The summed E-state index contributed by atoms with van der Waals surface area (Å²) in [6, 6.07) is 0. The number of rotatable bonds is 1. The first-order valence-corrected chi connectivity index (χ1v) is 11.6. The van der Waals surface area contributed by atoms with Gasteiger partial charge in [0.25, 0.3) is 0 Å². The highest BCUT2D eigenvalue weighted by Gasteiger charge is 2.20. The van der Waals surface area contributed by atoms with Crippen molar-refractivity contribution < 1.29 is 10.2 Å². The molecule has 0 amide bonds. The lowest BCUT2D eigenvalue weighted by Crippen LogP contribution is -2.16. The second-order valence-electron chi connectivity index (χ2n) is 10.1. The predicted octanol–water partition coefficient (Wildman–Crippen LogP) is 6.58. The van der Waals surface area contributed by atoms with Crippen LogP contribution in [0.1, 0.15) is 112 Å². The van der Waals surface area contributed by atoms with Gasteiger partial charge in [-0.1, -0.05) is 47.5 Å². The van der Waals surface area contributed by atoms with E-state index in [0.29, 0.717) is 0 Å². The SMILES string of the molecule is CC1CCC(C(C)C)CC1.CC1CCC(O)CC1.CC1CCC(O)CC1. The van der Waals surface area contributed by atoms with Gasteiger partial charge in [0, 0.05) is 0 Å². The van der Waals surface area contributed by atoms with Gasteiger partial charge in [-0.2, -0.15) is 0 Å². The van der Waals surface area contributed by atoms with E-state index in [1.165, 1.54) is 51.4 Å². The Morgan fingerprint density at radius 1 is 0.500 bits per heavy atom. The molecule has 3 aliphatic carbocycles. The summed E-state index contributed by atoms with van der Waals surface area (Å²) < 4.78 is 0. The zero-order valence-electron chi connectivity index (χ0n) is 18.4. The van der Waals surface area contributed by atoms with Gasteiger partial charge in [0.15, 0.2) is 0 Å². The number of aliphatic hydroxyl groups excluding tert-OH is 2. The quantitative estimate of drug-likeness (QED) is 0.548. The normalized spacial score (nSPS) is 37.8. The van der Waals surface area contributed by atoms with Crippen LogP contribution in [0.3, 0.4) is 0 Å². The molecule has 0 atom stereocenters. The first-order chi connectivity index (χ1) is 12.3. The van der Waals surface area contributed by atoms with Crippen LogP contribution < -0.4 is 0 Å². The fourth-order valence-corrected chi connectivity index (χ4v) is 4.44. The number of hydrogen-bond donors (Lipinski definition) is 2. The maximum atomic E-state index is 9.03. The van der Waals surface area contributed by atoms with Gasteiger partial charge in [-0.25, -0.2) is 0 Å². The van der Waals surface area contributed by atoms with E-state index < -0.39 is 0 Å². The molecule has 3 saturated carbocycles. The van der Waals surface area contributed by atoms with Crippen LogP contribution in [0.5, 0.6) is 0 Å². The van der Waals surface area contributed by atoms with E-state index >= 15 is 0 Å². The lowest BCUT2D eigenvalue weighted by molar-refractivity contribution is 0.112. The third-order valence-electron chi connectivity index (χ3n) is 6.97. The summed E-state index contributed by atoms with van der Waals surface area (Å²) in [7, 11) is 0. The van der Waals surface area contributed by atoms with Crippen LogP contribution >= 0.6 is 0 Å². The average molecular weight is 369 g/mol. The average Bonchev–Trinajstić information content (AvgIpc) is 2.62. The first kappa shape index (κ1) is 24.0. The van der Waals surface area contributed by atoms with E-state index in [1.807, 2.05) is 0 Å². The third kappa shape index (κ3) is 10.9. The molecule has 0 aromatic heterocycles. The van der Waals surface area contributed by atoms with Gasteiger partial charge in [-0.3, -0.25) is 0 Å². The van der Waals surface area contributed by atoms with Crippen LogP contribution in [0.4, 0.5) is 0 Å². The van der Waals surface area contributed by atoms with Gasteiger partial charge in [-0.15, -0.1) is 0 Å². The van der Waals surface area contributed by atoms with Crippen LogP contribution in [0.25, 0.3) is 0 Å². The molecule has 2 N–H and O–H groups in total. The molecule has 3 fully saturated rings. The van der Waals surface area contributed by atoms with E-state index in [0.717, 1.165) is 55.3 Å². The highest BCUT2D eigenvalue weighted by molar-refractivity contribution is 4.72. The maximum absolute atomic E-state index is 9.03. The fourth-order valence-electron chi connectivity index (χ4n) is 4.44. The molecule has 2 nitrogen and oxygen atoms in total. The molecular weight excluding hydrogens is 320 g/mol. The number of aliphatic hydroxyl groups is 2. The molecule has 0 aliphatic heterocycles. The largest absolute Gasteiger partial charge is 0.393 e. The van der Waals surface area contributed by atoms with E-state index in [2.05, 4.69) is 34.6 Å². The van der Waals surface area contributed by atoms with Gasteiger partial charge in [0.05, 0.1) is 12.2 Å². The summed E-state index contributed by atoms with van der Waals surface area (Å²) >= 11 is 0. The first-order valence-electron chi connectivity index (χ1n) is 11.6. The topological polar surface area (TPSA) is 40.5 Å². The minimum absolute atomic E-state index is 0.0196. The minimum atomic E-state index is 0.0196. The number of hydrogen-bond acceptors (Lipinski definition) is 2. The summed E-state index contributed by atoms with van der Waals surface area (Å²) in [5, 5.41) is 18.1. The van der Waals surface area contributed by atoms with Crippen molar-refractivity contribution in [2.75, 3.05) is 0 Å².